The van der Waals surface area contributed by atoms with Crippen LogP contribution in [0.3, 0.4) is 0 Å². The summed E-state index contributed by atoms with van der Waals surface area (Å²) < 4.78 is 0. The van der Waals surface area contributed by atoms with E-state index in [0.29, 0.717) is 5.75 Å². The molecule has 0 radical (unpaired) electrons. The summed E-state index contributed by atoms with van der Waals surface area (Å²) in [5.74, 6) is 0.273. The van der Waals surface area contributed by atoms with Gasteiger partial charge in [-0.3, -0.25) is 4.79 Å². The summed E-state index contributed by atoms with van der Waals surface area (Å²) in [7, 11) is 0. The van der Waals surface area contributed by atoms with Gasteiger partial charge in [0.2, 0.25) is 5.91 Å². The normalized spacial score (nSPS) is 15.8. The molecular weight excluding hydrogens is 270 g/mol. The van der Waals surface area contributed by atoms with Gasteiger partial charge in [-0.2, -0.15) is 11.8 Å². The van der Waals surface area contributed by atoms with Gasteiger partial charge in [-0.25, -0.2) is 0 Å². The Hall–Kier alpha value is -0.710. The number of amides is 1. The second-order valence-corrected chi connectivity index (χ2v) is 5.72. The fraction of sp³-hybridized carbons (Fsp3) is 0.462. The number of nitrogens with one attached hydrogen (secondary N) is 1. The Balaban J connectivity index is 2.51. The van der Waals surface area contributed by atoms with Crippen LogP contribution >= 0.6 is 23.4 Å². The number of hydrogen-bond donors (Lipinski definition) is 2. The van der Waals surface area contributed by atoms with Crippen LogP contribution in [-0.2, 0) is 4.79 Å². The molecule has 2 unspecified atom stereocenters. The molecule has 3 nitrogen and oxygen atoms in total. The molecule has 1 rings (SSSR count). The average molecular weight is 288 g/mol. The van der Waals surface area contributed by atoms with Crippen molar-refractivity contribution < 1.29 is 9.90 Å². The summed E-state index contributed by atoms with van der Waals surface area (Å²) in [6.07, 6.45) is 1.91. The Bertz CT molecular complexity index is 384. The lowest BCUT2D eigenvalue weighted by Gasteiger charge is -2.23. The highest BCUT2D eigenvalue weighted by Crippen LogP contribution is 2.20. The molecular formula is C13H18ClNO2S. The van der Waals surface area contributed by atoms with Crippen molar-refractivity contribution in [3.63, 3.8) is 0 Å². The van der Waals surface area contributed by atoms with Crippen molar-refractivity contribution in [2.45, 2.75) is 17.9 Å². The fourth-order valence-corrected chi connectivity index (χ4v) is 2.45. The predicted octanol–water partition coefficient (Wildman–Crippen LogP) is 2.20. The van der Waals surface area contributed by atoms with Crippen LogP contribution in [0.15, 0.2) is 30.3 Å². The van der Waals surface area contributed by atoms with Crippen molar-refractivity contribution in [3.05, 3.63) is 35.9 Å². The zero-order valence-corrected chi connectivity index (χ0v) is 12.1. The first-order valence-electron chi connectivity index (χ1n) is 5.64. The molecule has 18 heavy (non-hydrogen) atoms. The van der Waals surface area contributed by atoms with E-state index in [1.165, 1.54) is 11.8 Å². The zero-order chi connectivity index (χ0) is 13.6. The van der Waals surface area contributed by atoms with E-state index < -0.39 is 11.0 Å². The Morgan fingerprint density at radius 3 is 2.67 bits per heavy atom. The van der Waals surface area contributed by atoms with Gasteiger partial charge in [-0.15, -0.1) is 11.6 Å². The van der Waals surface area contributed by atoms with Gasteiger partial charge in [0, 0.05) is 12.3 Å². The monoisotopic (exact) mass is 287 g/mol. The topological polar surface area (TPSA) is 49.3 Å². The third-order valence-electron chi connectivity index (χ3n) is 2.42. The number of aliphatic hydroxyl groups is 1. The van der Waals surface area contributed by atoms with Crippen LogP contribution in [0.25, 0.3) is 0 Å². The first kappa shape index (κ1) is 15.3. The van der Waals surface area contributed by atoms with Crippen molar-refractivity contribution >= 4 is 29.3 Å². The molecule has 2 N–H and O–H groups in total. The van der Waals surface area contributed by atoms with Gasteiger partial charge in [-0.1, -0.05) is 30.3 Å². The van der Waals surface area contributed by atoms with Crippen molar-refractivity contribution in [2.75, 3.05) is 18.6 Å². The maximum atomic E-state index is 11.8. The second-order valence-electron chi connectivity index (χ2n) is 4.42. The van der Waals surface area contributed by atoms with Gasteiger partial charge in [0.1, 0.15) is 5.38 Å². The minimum atomic E-state index is -0.914. The zero-order valence-electron chi connectivity index (χ0n) is 10.5. The molecule has 0 aliphatic carbocycles. The number of carbonyl (C=O) groups is 1. The van der Waals surface area contributed by atoms with E-state index in [0.717, 1.165) is 5.56 Å². The molecule has 100 valence electrons. The number of halogens is 1. The third kappa shape index (κ3) is 4.88. The predicted molar refractivity (Wildman–Crippen MR) is 77.1 cm³/mol. The standard InChI is InChI=1S/C13H18ClNO2S/c1-13(17,9-18-2)8-15-12(16)11(14)10-6-4-3-5-7-10/h3-7,11,17H,8-9H2,1-2H3,(H,15,16). The molecule has 1 aromatic carbocycles. The average Bonchev–Trinajstić information content (AvgIpc) is 2.36. The molecule has 2 atom stereocenters. The maximum Gasteiger partial charge on any atom is 0.242 e. The van der Waals surface area contributed by atoms with Crippen LogP contribution < -0.4 is 5.32 Å². The van der Waals surface area contributed by atoms with E-state index in [-0.39, 0.29) is 12.5 Å². The highest BCUT2D eigenvalue weighted by molar-refractivity contribution is 7.98. The van der Waals surface area contributed by atoms with Gasteiger partial charge < -0.3 is 10.4 Å². The number of thioether (sulfide) groups is 1. The number of hydrogen-bond acceptors (Lipinski definition) is 3. The third-order valence-corrected chi connectivity index (χ3v) is 3.78. The van der Waals surface area contributed by atoms with Crippen molar-refractivity contribution in [2.24, 2.45) is 0 Å². The molecule has 0 fully saturated rings. The van der Waals surface area contributed by atoms with Crippen LogP contribution in [0.1, 0.15) is 17.9 Å². The van der Waals surface area contributed by atoms with Crippen LogP contribution in [0.5, 0.6) is 0 Å². The lowest BCUT2D eigenvalue weighted by Crippen LogP contribution is -2.43. The Morgan fingerprint density at radius 1 is 1.50 bits per heavy atom. The van der Waals surface area contributed by atoms with Gasteiger partial charge in [0.05, 0.1) is 5.60 Å². The quantitative estimate of drug-likeness (QED) is 0.789. The summed E-state index contributed by atoms with van der Waals surface area (Å²) in [4.78, 5) is 11.8. The molecule has 0 bridgehead atoms. The van der Waals surface area contributed by atoms with Gasteiger partial charge in [0.15, 0.2) is 0 Å². The molecule has 0 aliphatic rings. The van der Waals surface area contributed by atoms with Crippen LogP contribution in [0.2, 0.25) is 0 Å². The van der Waals surface area contributed by atoms with E-state index in [1.54, 1.807) is 19.1 Å². The van der Waals surface area contributed by atoms with Crippen LogP contribution in [0.4, 0.5) is 0 Å². The minimum absolute atomic E-state index is 0.197. The van der Waals surface area contributed by atoms with Crippen LogP contribution in [-0.4, -0.2) is 35.2 Å². The Morgan fingerprint density at radius 2 is 2.11 bits per heavy atom. The van der Waals surface area contributed by atoms with E-state index in [9.17, 15) is 9.90 Å². The van der Waals surface area contributed by atoms with Crippen molar-refractivity contribution in [1.82, 2.24) is 5.32 Å². The van der Waals surface area contributed by atoms with Gasteiger partial charge in [-0.05, 0) is 18.7 Å². The largest absolute Gasteiger partial charge is 0.387 e. The molecule has 0 saturated heterocycles. The van der Waals surface area contributed by atoms with E-state index in [2.05, 4.69) is 5.32 Å². The fourth-order valence-electron chi connectivity index (χ4n) is 1.50. The Labute approximate surface area is 117 Å². The Kier molecular flexibility index (Phi) is 5.99. The van der Waals surface area contributed by atoms with Crippen molar-refractivity contribution in [1.29, 1.82) is 0 Å². The minimum Gasteiger partial charge on any atom is -0.387 e. The first-order chi connectivity index (χ1) is 8.46. The van der Waals surface area contributed by atoms with Gasteiger partial charge in [0.25, 0.3) is 0 Å². The maximum absolute atomic E-state index is 11.8. The number of carbonyl (C=O) groups excluding carboxylic acids is 1. The molecule has 0 aliphatic heterocycles. The summed E-state index contributed by atoms with van der Waals surface area (Å²) in [5.41, 5.74) is -0.163. The molecule has 0 spiro atoms. The van der Waals surface area contributed by atoms with E-state index in [4.69, 9.17) is 11.6 Å². The molecule has 1 aromatic rings. The van der Waals surface area contributed by atoms with Crippen LogP contribution in [0, 0.1) is 0 Å². The lowest BCUT2D eigenvalue weighted by molar-refractivity contribution is -0.121. The highest BCUT2D eigenvalue weighted by atomic mass is 35.5. The molecule has 5 heteroatoms. The van der Waals surface area contributed by atoms with E-state index in [1.807, 2.05) is 24.5 Å². The summed E-state index contributed by atoms with van der Waals surface area (Å²) in [6, 6.07) is 9.15. The van der Waals surface area contributed by atoms with Gasteiger partial charge >= 0.3 is 0 Å². The summed E-state index contributed by atoms with van der Waals surface area (Å²) >= 11 is 7.59. The number of rotatable bonds is 6. The molecule has 0 saturated carbocycles. The highest BCUT2D eigenvalue weighted by Gasteiger charge is 2.23. The number of alkyl halides is 1. The van der Waals surface area contributed by atoms with Crippen molar-refractivity contribution in [3.8, 4) is 0 Å². The summed E-state index contributed by atoms with van der Waals surface area (Å²) in [5, 5.41) is 11.9. The smallest absolute Gasteiger partial charge is 0.242 e. The molecule has 0 aromatic heterocycles. The first-order valence-corrected chi connectivity index (χ1v) is 7.47. The summed E-state index contributed by atoms with van der Waals surface area (Å²) in [6.45, 7) is 1.89. The second kappa shape index (κ2) is 7.02. The molecule has 0 heterocycles. The lowest BCUT2D eigenvalue weighted by atomic mass is 10.1. The van der Waals surface area contributed by atoms with E-state index >= 15 is 0 Å². The SMILES string of the molecule is CSCC(C)(O)CNC(=O)C(Cl)c1ccccc1. The molecule has 1 amide bonds. The number of benzene rings is 1.